The van der Waals surface area contributed by atoms with Crippen molar-refractivity contribution in [3.05, 3.63) is 59.7 Å². The lowest BCUT2D eigenvalue weighted by atomic mass is 9.87. The Morgan fingerprint density at radius 1 is 0.963 bits per heavy atom. The van der Waals surface area contributed by atoms with E-state index in [4.69, 9.17) is 17.5 Å². The van der Waals surface area contributed by atoms with E-state index < -0.39 is 0 Å². The Bertz CT molecular complexity index is 821. The van der Waals surface area contributed by atoms with Crippen molar-refractivity contribution in [2.45, 2.75) is 26.2 Å². The van der Waals surface area contributed by atoms with Crippen LogP contribution in [-0.4, -0.2) is 36.2 Å². The smallest absolute Gasteiger partial charge is 0.173 e. The molecule has 3 rings (SSSR count). The number of hydrogen-bond donors (Lipinski definition) is 1. The molecule has 2 aromatic carbocycles. The third kappa shape index (κ3) is 4.78. The summed E-state index contributed by atoms with van der Waals surface area (Å²) < 4.78 is 0. The Morgan fingerprint density at radius 3 is 2.07 bits per heavy atom. The summed E-state index contributed by atoms with van der Waals surface area (Å²) in [5.41, 5.74) is 4.35. The largest absolute Gasteiger partial charge is 0.368 e. The topological polar surface area (TPSA) is 42.3 Å². The van der Waals surface area contributed by atoms with Gasteiger partial charge in [0.15, 0.2) is 5.11 Å². The zero-order valence-electron chi connectivity index (χ0n) is 16.2. The van der Waals surface area contributed by atoms with E-state index in [0.29, 0.717) is 5.56 Å². The van der Waals surface area contributed by atoms with Gasteiger partial charge in [-0.1, -0.05) is 32.9 Å². The van der Waals surface area contributed by atoms with Gasteiger partial charge in [0.05, 0.1) is 11.6 Å². The number of rotatable bonds is 2. The molecule has 5 heteroatoms. The number of nitriles is 1. The highest BCUT2D eigenvalue weighted by Gasteiger charge is 2.19. The normalized spacial score (nSPS) is 14.6. The van der Waals surface area contributed by atoms with E-state index in [0.717, 1.165) is 42.7 Å². The fourth-order valence-corrected chi connectivity index (χ4v) is 3.47. The number of nitrogens with one attached hydrogen (secondary N) is 1. The van der Waals surface area contributed by atoms with Crippen LogP contribution in [0.15, 0.2) is 48.5 Å². The second-order valence-corrected chi connectivity index (χ2v) is 8.28. The quantitative estimate of drug-likeness (QED) is 0.786. The number of hydrogen-bond acceptors (Lipinski definition) is 3. The number of nitrogens with zero attached hydrogens (tertiary/aromatic N) is 3. The summed E-state index contributed by atoms with van der Waals surface area (Å²) in [5.74, 6) is 0. The molecule has 0 atom stereocenters. The molecule has 0 amide bonds. The van der Waals surface area contributed by atoms with Crippen LogP contribution in [-0.2, 0) is 5.41 Å². The minimum absolute atomic E-state index is 0.154. The molecule has 2 aromatic rings. The summed E-state index contributed by atoms with van der Waals surface area (Å²) in [5, 5.41) is 13.1. The van der Waals surface area contributed by atoms with Gasteiger partial charge < -0.3 is 15.1 Å². The third-order valence-electron chi connectivity index (χ3n) is 4.93. The van der Waals surface area contributed by atoms with Crippen molar-refractivity contribution in [3.8, 4) is 6.07 Å². The fraction of sp³-hybridized carbons (Fsp3) is 0.364. The van der Waals surface area contributed by atoms with Crippen LogP contribution in [0.1, 0.15) is 31.9 Å². The summed E-state index contributed by atoms with van der Waals surface area (Å²) in [4.78, 5) is 4.55. The Hall–Kier alpha value is -2.58. The van der Waals surface area contributed by atoms with Gasteiger partial charge in [0.25, 0.3) is 0 Å². The lowest BCUT2D eigenvalue weighted by molar-refractivity contribution is 0.391. The maximum Gasteiger partial charge on any atom is 0.173 e. The molecular formula is C22H26N4S. The van der Waals surface area contributed by atoms with E-state index in [1.165, 1.54) is 5.56 Å². The Balaban J connectivity index is 1.54. The second-order valence-electron chi connectivity index (χ2n) is 7.89. The second kappa shape index (κ2) is 7.98. The van der Waals surface area contributed by atoms with E-state index >= 15 is 0 Å². The molecular weight excluding hydrogens is 352 g/mol. The van der Waals surface area contributed by atoms with Gasteiger partial charge >= 0.3 is 0 Å². The fourth-order valence-electron chi connectivity index (χ4n) is 3.17. The van der Waals surface area contributed by atoms with Crippen LogP contribution < -0.4 is 10.2 Å². The Morgan fingerprint density at radius 2 is 1.56 bits per heavy atom. The van der Waals surface area contributed by atoms with Gasteiger partial charge in [-0.05, 0) is 59.6 Å². The number of anilines is 2. The van der Waals surface area contributed by atoms with Crippen molar-refractivity contribution in [1.82, 2.24) is 4.90 Å². The zero-order chi connectivity index (χ0) is 19.4. The molecule has 27 heavy (non-hydrogen) atoms. The first-order valence-corrected chi connectivity index (χ1v) is 9.69. The summed E-state index contributed by atoms with van der Waals surface area (Å²) in [6.07, 6.45) is 0. The van der Waals surface area contributed by atoms with Crippen LogP contribution in [0.2, 0.25) is 0 Å². The minimum Gasteiger partial charge on any atom is -0.368 e. The lowest BCUT2D eigenvalue weighted by Crippen LogP contribution is -2.50. The molecule has 4 nitrogen and oxygen atoms in total. The number of thiocarbonyl (C=S) groups is 1. The molecule has 1 heterocycles. The van der Waals surface area contributed by atoms with Gasteiger partial charge in [-0.25, -0.2) is 0 Å². The van der Waals surface area contributed by atoms with Gasteiger partial charge in [0.2, 0.25) is 0 Å². The van der Waals surface area contributed by atoms with Crippen molar-refractivity contribution in [2.75, 3.05) is 36.4 Å². The molecule has 1 N–H and O–H groups in total. The summed E-state index contributed by atoms with van der Waals surface area (Å²) in [6, 6.07) is 18.4. The van der Waals surface area contributed by atoms with Gasteiger partial charge in [-0.3, -0.25) is 0 Å². The SMILES string of the molecule is CC(C)(C)c1ccc(NC(=S)N2CCN(c3ccc(C#N)cc3)CC2)cc1. The maximum atomic E-state index is 8.92. The third-order valence-corrected chi connectivity index (χ3v) is 5.29. The Labute approximate surface area is 167 Å². The van der Waals surface area contributed by atoms with E-state index in [9.17, 15) is 0 Å². The number of piperazine rings is 1. The lowest BCUT2D eigenvalue weighted by Gasteiger charge is -2.37. The summed E-state index contributed by atoms with van der Waals surface area (Å²) in [6.45, 7) is 10.2. The van der Waals surface area contributed by atoms with Crippen LogP contribution in [0.25, 0.3) is 0 Å². The standard InChI is InChI=1S/C22H26N4S/c1-22(2,3)18-6-8-19(9-7-18)24-21(27)26-14-12-25(13-15-26)20-10-4-17(16-23)5-11-20/h4-11H,12-15H2,1-3H3,(H,24,27). The highest BCUT2D eigenvalue weighted by molar-refractivity contribution is 7.80. The Kier molecular flexibility index (Phi) is 5.67. The van der Waals surface area contributed by atoms with Gasteiger partial charge in [-0.15, -0.1) is 0 Å². The van der Waals surface area contributed by atoms with Crippen LogP contribution in [0, 0.1) is 11.3 Å². The molecule has 140 valence electrons. The average molecular weight is 379 g/mol. The van der Waals surface area contributed by atoms with E-state index in [-0.39, 0.29) is 5.41 Å². The molecule has 1 fully saturated rings. The molecule has 1 aliphatic heterocycles. The van der Waals surface area contributed by atoms with E-state index in [2.05, 4.69) is 66.2 Å². The van der Waals surface area contributed by atoms with Crippen LogP contribution in [0.3, 0.4) is 0 Å². The average Bonchev–Trinajstić information content (AvgIpc) is 2.68. The van der Waals surface area contributed by atoms with Crippen molar-refractivity contribution < 1.29 is 0 Å². The molecule has 1 saturated heterocycles. The first-order chi connectivity index (χ1) is 12.9. The van der Waals surface area contributed by atoms with Crippen molar-refractivity contribution >= 4 is 28.7 Å². The molecule has 0 spiro atoms. The molecule has 0 aromatic heterocycles. The highest BCUT2D eigenvalue weighted by Crippen LogP contribution is 2.24. The molecule has 0 radical (unpaired) electrons. The first kappa shape index (κ1) is 19.2. The summed E-state index contributed by atoms with van der Waals surface area (Å²) >= 11 is 5.61. The molecule has 0 bridgehead atoms. The van der Waals surface area contributed by atoms with Crippen molar-refractivity contribution in [1.29, 1.82) is 5.26 Å². The van der Waals surface area contributed by atoms with Gasteiger partial charge in [0.1, 0.15) is 0 Å². The highest BCUT2D eigenvalue weighted by atomic mass is 32.1. The van der Waals surface area contributed by atoms with Gasteiger partial charge in [0, 0.05) is 37.6 Å². The van der Waals surface area contributed by atoms with Crippen LogP contribution >= 0.6 is 12.2 Å². The summed E-state index contributed by atoms with van der Waals surface area (Å²) in [7, 11) is 0. The van der Waals surface area contributed by atoms with Crippen molar-refractivity contribution in [2.24, 2.45) is 0 Å². The number of benzene rings is 2. The van der Waals surface area contributed by atoms with Crippen LogP contribution in [0.4, 0.5) is 11.4 Å². The molecule has 0 aliphatic carbocycles. The first-order valence-electron chi connectivity index (χ1n) is 9.28. The predicted octanol–water partition coefficient (Wildman–Crippen LogP) is 4.37. The van der Waals surface area contributed by atoms with Gasteiger partial charge in [-0.2, -0.15) is 5.26 Å². The molecule has 0 unspecified atom stereocenters. The zero-order valence-corrected chi connectivity index (χ0v) is 17.0. The van der Waals surface area contributed by atoms with E-state index in [1.54, 1.807) is 0 Å². The maximum absolute atomic E-state index is 8.92. The minimum atomic E-state index is 0.154. The molecule has 1 aliphatic rings. The van der Waals surface area contributed by atoms with Crippen LogP contribution in [0.5, 0.6) is 0 Å². The van der Waals surface area contributed by atoms with E-state index in [1.807, 2.05) is 24.3 Å². The van der Waals surface area contributed by atoms with Crippen molar-refractivity contribution in [3.63, 3.8) is 0 Å². The monoisotopic (exact) mass is 378 g/mol. The predicted molar refractivity (Wildman–Crippen MR) is 116 cm³/mol. The molecule has 0 saturated carbocycles.